The van der Waals surface area contributed by atoms with E-state index in [9.17, 15) is 4.79 Å². The highest BCUT2D eigenvalue weighted by Gasteiger charge is 2.50. The molecule has 0 spiro atoms. The molecule has 0 bridgehead atoms. The van der Waals surface area contributed by atoms with Crippen LogP contribution in [-0.2, 0) is 56.7 Å². The maximum Gasteiger partial charge on any atom is 0.383 e. The van der Waals surface area contributed by atoms with Crippen molar-refractivity contribution in [2.45, 2.75) is 97.4 Å². The molecule has 1 aromatic heterocycles. The molecule has 0 unspecified atom stereocenters. The smallest absolute Gasteiger partial charge is 0.383 e. The van der Waals surface area contributed by atoms with Crippen LogP contribution in [0.4, 0.5) is 0 Å². The van der Waals surface area contributed by atoms with Crippen molar-refractivity contribution in [1.82, 2.24) is 0 Å². The molecule has 1 fully saturated rings. The molecule has 2 heterocycles. The molecular weight excluding hydrogens is 881 g/mol. The van der Waals surface area contributed by atoms with Crippen molar-refractivity contribution in [2.75, 3.05) is 13.2 Å². The van der Waals surface area contributed by atoms with Crippen molar-refractivity contribution in [2.24, 2.45) is 0 Å². The van der Waals surface area contributed by atoms with E-state index in [1.807, 2.05) is 158 Å². The summed E-state index contributed by atoms with van der Waals surface area (Å²) in [7, 11) is 0. The van der Waals surface area contributed by atoms with Crippen LogP contribution < -0.4 is 19.8 Å². The zero-order chi connectivity index (χ0) is 48.3. The molecule has 362 valence electrons. The average molecular weight is 943 g/mol. The molecule has 6 aromatic carbocycles. The predicted octanol–water partition coefficient (Wildman–Crippen LogP) is 12.5. The molecule has 5 atom stereocenters. The van der Waals surface area contributed by atoms with Gasteiger partial charge in [-0.2, -0.15) is 0 Å². The first-order chi connectivity index (χ1) is 34.4. The molecule has 7 aromatic rings. The Kier molecular flexibility index (Phi) is 18.2. The van der Waals surface area contributed by atoms with Crippen LogP contribution in [-0.4, -0.2) is 43.9 Å². The van der Waals surface area contributed by atoms with E-state index in [-0.39, 0.29) is 50.1 Å². The SMILES string of the molecule is CC(C)=CCCC(C)=CCOc1c(OCc2ccccc2)c2ccc(O[C@@H]3O[C@H](COCc4ccccc4)[C@@H](OCc4ccccc4)[C@H](OCc4ccccc4)[C@H]3OCc3ccccc3)cc2oc1=O. The van der Waals surface area contributed by atoms with Crippen LogP contribution in [0, 0.1) is 0 Å². The lowest BCUT2D eigenvalue weighted by atomic mass is 9.97. The van der Waals surface area contributed by atoms with Gasteiger partial charge in [0.1, 0.15) is 49.0 Å². The van der Waals surface area contributed by atoms with Crippen LogP contribution in [0.2, 0.25) is 0 Å². The number of rotatable bonds is 24. The van der Waals surface area contributed by atoms with Gasteiger partial charge in [0.05, 0.1) is 38.4 Å². The Morgan fingerprint density at radius 1 is 0.543 bits per heavy atom. The van der Waals surface area contributed by atoms with Gasteiger partial charge in [0.25, 0.3) is 0 Å². The third-order valence-electron chi connectivity index (χ3n) is 11.9. The van der Waals surface area contributed by atoms with Gasteiger partial charge >= 0.3 is 5.63 Å². The van der Waals surface area contributed by atoms with E-state index >= 15 is 0 Å². The summed E-state index contributed by atoms with van der Waals surface area (Å²) in [5, 5.41) is 0.536. The highest BCUT2D eigenvalue weighted by molar-refractivity contribution is 5.86. The van der Waals surface area contributed by atoms with Gasteiger partial charge in [-0.1, -0.05) is 169 Å². The Bertz CT molecular complexity index is 2770. The van der Waals surface area contributed by atoms with Gasteiger partial charge in [-0.15, -0.1) is 0 Å². The van der Waals surface area contributed by atoms with Crippen LogP contribution in [0.25, 0.3) is 11.0 Å². The Balaban J connectivity index is 1.13. The van der Waals surface area contributed by atoms with Crippen molar-refractivity contribution >= 4 is 11.0 Å². The Morgan fingerprint density at radius 2 is 1.06 bits per heavy atom. The van der Waals surface area contributed by atoms with Crippen molar-refractivity contribution in [3.8, 4) is 17.2 Å². The Morgan fingerprint density at radius 3 is 1.61 bits per heavy atom. The summed E-state index contributed by atoms with van der Waals surface area (Å²) < 4.78 is 59.4. The van der Waals surface area contributed by atoms with Crippen molar-refractivity contribution in [1.29, 1.82) is 0 Å². The summed E-state index contributed by atoms with van der Waals surface area (Å²) in [5.41, 5.74) is 6.88. The standard InChI is InChI=1S/C60H62O10/c1-43(2)20-19-21-44(3)34-35-63-57-54(64-38-46-24-11-5-12-25-46)51-33-32-50(36-52(51)69-59(57)61)68-60-58(67-41-49-30-17-8-18-31-49)56(66-40-48-28-15-7-16-29-48)55(65-39-47-26-13-6-14-27-47)53(70-60)42-62-37-45-22-9-4-10-23-45/h4-18,20,22-34,36,53,55-56,58,60H,19,21,35,37-42H2,1-3H3/t53-,55-,56+,58-,60-/m1/s1. The molecule has 1 aliphatic rings. The van der Waals surface area contributed by atoms with Gasteiger partial charge < -0.3 is 42.3 Å². The summed E-state index contributed by atoms with van der Waals surface area (Å²) in [5.74, 6) is 0.633. The van der Waals surface area contributed by atoms with Gasteiger partial charge in [0.2, 0.25) is 12.0 Å². The minimum absolute atomic E-state index is 0.00580. The minimum atomic E-state index is -1.04. The lowest BCUT2D eigenvalue weighted by molar-refractivity contribution is -0.310. The second kappa shape index (κ2) is 25.7. The fraction of sp³-hybridized carbons (Fsp3) is 0.283. The normalized spacial score (nSPS) is 18.0. The quantitative estimate of drug-likeness (QED) is 0.0430. The highest BCUT2D eigenvalue weighted by Crippen LogP contribution is 2.37. The van der Waals surface area contributed by atoms with Gasteiger partial charge in [0, 0.05) is 6.07 Å². The first-order valence-electron chi connectivity index (χ1n) is 24.0. The monoisotopic (exact) mass is 942 g/mol. The maximum atomic E-state index is 13.9. The molecule has 0 saturated carbocycles. The van der Waals surface area contributed by atoms with E-state index in [0.29, 0.717) is 24.3 Å². The summed E-state index contributed by atoms with van der Waals surface area (Å²) in [4.78, 5) is 13.9. The van der Waals surface area contributed by atoms with Crippen molar-refractivity contribution in [3.05, 3.63) is 231 Å². The van der Waals surface area contributed by atoms with Crippen molar-refractivity contribution in [3.63, 3.8) is 0 Å². The van der Waals surface area contributed by atoms with E-state index in [2.05, 4.69) is 26.8 Å². The molecule has 0 N–H and O–H groups in total. The van der Waals surface area contributed by atoms with E-state index < -0.39 is 36.3 Å². The van der Waals surface area contributed by atoms with E-state index in [0.717, 1.165) is 46.2 Å². The van der Waals surface area contributed by atoms with Crippen LogP contribution in [0.5, 0.6) is 17.2 Å². The second-order valence-electron chi connectivity index (χ2n) is 17.6. The molecule has 70 heavy (non-hydrogen) atoms. The number of allylic oxidation sites excluding steroid dienone is 3. The zero-order valence-corrected chi connectivity index (χ0v) is 40.2. The number of ether oxygens (including phenoxy) is 8. The molecule has 1 saturated heterocycles. The molecule has 1 aliphatic heterocycles. The number of hydrogen-bond donors (Lipinski definition) is 0. The fourth-order valence-electron chi connectivity index (χ4n) is 8.14. The summed E-state index contributed by atoms with van der Waals surface area (Å²) >= 11 is 0. The van der Waals surface area contributed by atoms with Gasteiger partial charge in [-0.05, 0) is 79.6 Å². The number of fused-ring (bicyclic) bond motifs is 1. The first-order valence-corrected chi connectivity index (χ1v) is 24.0. The summed E-state index contributed by atoms with van der Waals surface area (Å²) in [6.45, 7) is 7.93. The van der Waals surface area contributed by atoms with E-state index in [1.165, 1.54) is 5.57 Å². The van der Waals surface area contributed by atoms with Gasteiger partial charge in [0.15, 0.2) is 5.75 Å². The summed E-state index contributed by atoms with van der Waals surface area (Å²) in [6, 6.07) is 54.9. The van der Waals surface area contributed by atoms with Crippen LogP contribution in [0.15, 0.2) is 202 Å². The first kappa shape index (κ1) is 49.6. The fourth-order valence-corrected chi connectivity index (χ4v) is 8.14. The predicted molar refractivity (Wildman–Crippen MR) is 272 cm³/mol. The van der Waals surface area contributed by atoms with E-state index in [4.69, 9.17) is 42.3 Å². The van der Waals surface area contributed by atoms with Crippen LogP contribution >= 0.6 is 0 Å². The zero-order valence-electron chi connectivity index (χ0n) is 40.2. The van der Waals surface area contributed by atoms with Gasteiger partial charge in [-0.25, -0.2) is 4.79 Å². The molecule has 0 amide bonds. The molecular formula is C60H62O10. The van der Waals surface area contributed by atoms with Crippen LogP contribution in [0.3, 0.4) is 0 Å². The Hall–Kier alpha value is -6.79. The third-order valence-corrected chi connectivity index (χ3v) is 11.9. The Labute approximate surface area is 411 Å². The van der Waals surface area contributed by atoms with Crippen LogP contribution in [0.1, 0.15) is 61.4 Å². The van der Waals surface area contributed by atoms with Crippen molar-refractivity contribution < 1.29 is 42.3 Å². The second-order valence-corrected chi connectivity index (χ2v) is 17.6. The lowest BCUT2D eigenvalue weighted by Gasteiger charge is -2.45. The van der Waals surface area contributed by atoms with Gasteiger partial charge in [-0.3, -0.25) is 0 Å². The maximum absolute atomic E-state index is 13.9. The third kappa shape index (κ3) is 14.4. The lowest BCUT2D eigenvalue weighted by Crippen LogP contribution is -2.62. The largest absolute Gasteiger partial charge is 0.484 e. The molecule has 10 heteroatoms. The minimum Gasteiger partial charge on any atom is -0.484 e. The molecule has 8 rings (SSSR count). The molecule has 10 nitrogen and oxygen atoms in total. The average Bonchev–Trinajstić information content (AvgIpc) is 3.38. The summed E-state index contributed by atoms with van der Waals surface area (Å²) in [6.07, 6.45) is 2.09. The highest BCUT2D eigenvalue weighted by atomic mass is 16.7. The topological polar surface area (TPSA) is 104 Å². The van der Waals surface area contributed by atoms with E-state index in [1.54, 1.807) is 18.2 Å². The number of benzene rings is 6. The number of hydrogen-bond acceptors (Lipinski definition) is 10. The molecule has 0 aliphatic carbocycles. The molecule has 0 radical (unpaired) electrons.